The van der Waals surface area contributed by atoms with Gasteiger partial charge >= 0.3 is 0 Å². The number of hydrogen-bond acceptors (Lipinski definition) is 6. The highest BCUT2D eigenvalue weighted by molar-refractivity contribution is 7.99. The predicted molar refractivity (Wildman–Crippen MR) is 128 cm³/mol. The fraction of sp³-hybridized carbons (Fsp3) is 0.522. The van der Waals surface area contributed by atoms with E-state index in [4.69, 9.17) is 0 Å². The van der Waals surface area contributed by atoms with Gasteiger partial charge in [0.1, 0.15) is 0 Å². The van der Waals surface area contributed by atoms with Crippen molar-refractivity contribution >= 4 is 40.3 Å². The van der Waals surface area contributed by atoms with Gasteiger partial charge in [-0.15, -0.1) is 10.2 Å². The number of thioether (sulfide) groups is 1. The molecule has 10 heteroatoms. The maximum atomic E-state index is 13.2. The van der Waals surface area contributed by atoms with Gasteiger partial charge in [-0.05, 0) is 31.4 Å². The largest absolute Gasteiger partial charge is 0.355 e. The lowest BCUT2D eigenvalue weighted by atomic mass is 9.95. The molecule has 2 N–H and O–H groups in total. The van der Waals surface area contributed by atoms with Crippen molar-refractivity contribution in [1.29, 1.82) is 0 Å². The zero-order chi connectivity index (χ0) is 23.2. The molecule has 9 nitrogen and oxygen atoms in total. The molecule has 0 unspecified atom stereocenters. The van der Waals surface area contributed by atoms with E-state index < -0.39 is 0 Å². The third-order valence-electron chi connectivity index (χ3n) is 5.92. The van der Waals surface area contributed by atoms with Crippen LogP contribution < -0.4 is 16.2 Å². The Kier molecular flexibility index (Phi) is 7.64. The Labute approximate surface area is 196 Å². The zero-order valence-corrected chi connectivity index (χ0v) is 19.7. The van der Waals surface area contributed by atoms with Crippen LogP contribution in [-0.4, -0.2) is 49.3 Å². The number of aryl methyl sites for hydroxylation is 1. The van der Waals surface area contributed by atoms with Gasteiger partial charge in [0.2, 0.25) is 17.6 Å². The number of rotatable bonds is 9. The van der Waals surface area contributed by atoms with Crippen molar-refractivity contribution in [3.05, 3.63) is 34.6 Å². The number of nitrogens with one attached hydrogen (secondary N) is 2. The van der Waals surface area contributed by atoms with Crippen LogP contribution in [0.25, 0.3) is 16.7 Å². The summed E-state index contributed by atoms with van der Waals surface area (Å²) in [5, 5.41) is 15.5. The Balaban J connectivity index is 1.58. The van der Waals surface area contributed by atoms with Gasteiger partial charge in [0, 0.05) is 25.6 Å². The van der Waals surface area contributed by atoms with Gasteiger partial charge in [0.15, 0.2) is 5.16 Å². The minimum Gasteiger partial charge on any atom is -0.355 e. The molecule has 0 spiro atoms. The van der Waals surface area contributed by atoms with E-state index in [1.54, 1.807) is 10.5 Å². The van der Waals surface area contributed by atoms with Crippen LogP contribution >= 0.6 is 11.8 Å². The van der Waals surface area contributed by atoms with E-state index in [1.165, 1.54) is 22.7 Å². The number of para-hydroxylation sites is 1. The molecular formula is C23H30N6O3S. The molecule has 33 heavy (non-hydrogen) atoms. The third-order valence-corrected chi connectivity index (χ3v) is 6.84. The molecule has 1 saturated carbocycles. The first kappa shape index (κ1) is 23.3. The molecule has 1 aliphatic rings. The number of hydrogen-bond donors (Lipinski definition) is 2. The summed E-state index contributed by atoms with van der Waals surface area (Å²) in [5.41, 5.74) is 0.482. The number of nitrogens with zero attached hydrogens (tertiary/aromatic N) is 4. The van der Waals surface area contributed by atoms with E-state index in [2.05, 4.69) is 20.8 Å². The van der Waals surface area contributed by atoms with Gasteiger partial charge < -0.3 is 10.6 Å². The molecule has 2 heterocycles. The van der Waals surface area contributed by atoms with Crippen LogP contribution in [0, 0.1) is 0 Å². The minimum atomic E-state index is -0.201. The SMILES string of the molecule is CCCNC(=O)CSc1nnc2n(CCC(=O)NC3CCCCC3)c(=O)c3ccccc3n12. The quantitative estimate of drug-likeness (QED) is 0.465. The standard InChI is InChI=1S/C23H30N6O3S/c1-2-13-24-20(31)15-33-23-27-26-22-28(14-12-19(30)25-16-8-4-3-5-9-16)21(32)17-10-6-7-11-18(17)29(22)23/h6-7,10-11,16H,2-5,8-9,12-15H2,1H3,(H,24,31)(H,25,30). The second-order valence-electron chi connectivity index (χ2n) is 8.38. The van der Waals surface area contributed by atoms with Crippen molar-refractivity contribution in [2.24, 2.45) is 0 Å². The van der Waals surface area contributed by atoms with Crippen LogP contribution in [0.15, 0.2) is 34.2 Å². The van der Waals surface area contributed by atoms with E-state index in [0.717, 1.165) is 32.1 Å². The predicted octanol–water partition coefficient (Wildman–Crippen LogP) is 2.50. The summed E-state index contributed by atoms with van der Waals surface area (Å²) >= 11 is 1.27. The molecule has 3 aromatic rings. The van der Waals surface area contributed by atoms with Crippen molar-refractivity contribution < 1.29 is 9.59 Å². The molecule has 1 fully saturated rings. The van der Waals surface area contributed by atoms with Crippen LogP contribution in [0.1, 0.15) is 51.9 Å². The summed E-state index contributed by atoms with van der Waals surface area (Å²) in [7, 11) is 0. The number of benzene rings is 1. The van der Waals surface area contributed by atoms with Gasteiger partial charge in [0.25, 0.3) is 5.56 Å². The zero-order valence-electron chi connectivity index (χ0n) is 18.9. The van der Waals surface area contributed by atoms with Crippen LogP contribution in [0.3, 0.4) is 0 Å². The van der Waals surface area contributed by atoms with Crippen molar-refractivity contribution in [3.8, 4) is 0 Å². The lowest BCUT2D eigenvalue weighted by molar-refractivity contribution is -0.122. The smallest absolute Gasteiger partial charge is 0.262 e. The van der Waals surface area contributed by atoms with Crippen LogP contribution in [0.5, 0.6) is 0 Å². The van der Waals surface area contributed by atoms with Gasteiger partial charge in [-0.2, -0.15) is 0 Å². The molecule has 0 bridgehead atoms. The first-order valence-corrected chi connectivity index (χ1v) is 12.6. The summed E-state index contributed by atoms with van der Waals surface area (Å²) in [6, 6.07) is 7.50. The van der Waals surface area contributed by atoms with Gasteiger partial charge in [-0.1, -0.05) is 50.1 Å². The topological polar surface area (TPSA) is 110 Å². The van der Waals surface area contributed by atoms with E-state index in [0.29, 0.717) is 28.4 Å². The summed E-state index contributed by atoms with van der Waals surface area (Å²) in [6.45, 7) is 2.84. The first-order valence-electron chi connectivity index (χ1n) is 11.6. The van der Waals surface area contributed by atoms with E-state index >= 15 is 0 Å². The number of fused-ring (bicyclic) bond motifs is 3. The molecule has 0 atom stereocenters. The van der Waals surface area contributed by atoms with E-state index in [-0.39, 0.29) is 42.1 Å². The summed E-state index contributed by atoms with van der Waals surface area (Å²) in [4.78, 5) is 37.8. The number of carbonyl (C=O) groups excluding carboxylic acids is 2. The van der Waals surface area contributed by atoms with Crippen LogP contribution in [-0.2, 0) is 16.1 Å². The molecule has 176 valence electrons. The Bertz CT molecular complexity index is 1200. The molecular weight excluding hydrogens is 440 g/mol. The maximum Gasteiger partial charge on any atom is 0.262 e. The third kappa shape index (κ3) is 5.38. The average Bonchev–Trinajstić information content (AvgIpc) is 3.26. The first-order chi connectivity index (χ1) is 16.1. The monoisotopic (exact) mass is 470 g/mol. The number of aromatic nitrogens is 4. The van der Waals surface area contributed by atoms with Gasteiger partial charge in [0.05, 0.1) is 16.7 Å². The van der Waals surface area contributed by atoms with Crippen LogP contribution in [0.4, 0.5) is 0 Å². The highest BCUT2D eigenvalue weighted by Crippen LogP contribution is 2.22. The second kappa shape index (κ2) is 10.8. The Morgan fingerprint density at radius 2 is 1.91 bits per heavy atom. The lowest BCUT2D eigenvalue weighted by Crippen LogP contribution is -2.37. The lowest BCUT2D eigenvalue weighted by Gasteiger charge is -2.22. The summed E-state index contributed by atoms with van der Waals surface area (Å²) < 4.78 is 3.31. The minimum absolute atomic E-state index is 0.0539. The van der Waals surface area contributed by atoms with E-state index in [1.807, 2.05) is 25.1 Å². The highest BCUT2D eigenvalue weighted by atomic mass is 32.2. The van der Waals surface area contributed by atoms with Gasteiger partial charge in [-0.25, -0.2) is 0 Å². The Morgan fingerprint density at radius 3 is 2.70 bits per heavy atom. The molecule has 0 aliphatic heterocycles. The highest BCUT2D eigenvalue weighted by Gasteiger charge is 2.19. The maximum absolute atomic E-state index is 13.2. The van der Waals surface area contributed by atoms with Crippen molar-refractivity contribution in [2.45, 2.75) is 69.6 Å². The summed E-state index contributed by atoms with van der Waals surface area (Å²) in [5.74, 6) is 0.455. The van der Waals surface area contributed by atoms with Crippen molar-refractivity contribution in [2.75, 3.05) is 12.3 Å². The number of amides is 2. The molecule has 0 radical (unpaired) electrons. The van der Waals surface area contributed by atoms with Crippen molar-refractivity contribution in [3.63, 3.8) is 0 Å². The summed E-state index contributed by atoms with van der Waals surface area (Å²) in [6.07, 6.45) is 6.61. The fourth-order valence-electron chi connectivity index (χ4n) is 4.23. The number of carbonyl (C=O) groups is 2. The Morgan fingerprint density at radius 1 is 1.12 bits per heavy atom. The molecule has 2 aromatic heterocycles. The molecule has 1 aliphatic carbocycles. The molecule has 1 aromatic carbocycles. The average molecular weight is 471 g/mol. The Hall–Kier alpha value is -2.88. The second-order valence-corrected chi connectivity index (χ2v) is 9.33. The van der Waals surface area contributed by atoms with Crippen LogP contribution in [0.2, 0.25) is 0 Å². The van der Waals surface area contributed by atoms with E-state index in [9.17, 15) is 14.4 Å². The molecule has 2 amide bonds. The normalized spacial score (nSPS) is 14.6. The van der Waals surface area contributed by atoms with Gasteiger partial charge in [-0.3, -0.25) is 23.4 Å². The fourth-order valence-corrected chi connectivity index (χ4v) is 5.00. The molecule has 0 saturated heterocycles. The molecule has 4 rings (SSSR count). The van der Waals surface area contributed by atoms with Crippen molar-refractivity contribution in [1.82, 2.24) is 29.8 Å².